The van der Waals surface area contributed by atoms with Crippen molar-refractivity contribution in [2.75, 3.05) is 16.8 Å². The number of hydrogen-bond acceptors (Lipinski definition) is 2. The van der Waals surface area contributed by atoms with Crippen LogP contribution >= 0.6 is 0 Å². The molecule has 1 aliphatic rings. The molecular weight excluding hydrogens is 331 g/mol. The lowest BCUT2D eigenvalue weighted by Crippen LogP contribution is -2.35. The van der Waals surface area contributed by atoms with E-state index in [1.807, 2.05) is 6.07 Å². The van der Waals surface area contributed by atoms with Crippen molar-refractivity contribution in [3.05, 3.63) is 58.9 Å². The van der Waals surface area contributed by atoms with E-state index < -0.39 is 5.82 Å². The van der Waals surface area contributed by atoms with Gasteiger partial charge in [-0.25, -0.2) is 4.39 Å². The van der Waals surface area contributed by atoms with Crippen molar-refractivity contribution >= 4 is 23.2 Å². The molecular formula is C21H23FN2O2. The summed E-state index contributed by atoms with van der Waals surface area (Å²) in [6.45, 7) is 6.23. The molecule has 26 heavy (non-hydrogen) atoms. The number of hydrogen-bond donors (Lipinski definition) is 1. The van der Waals surface area contributed by atoms with Crippen LogP contribution < -0.4 is 10.2 Å². The third kappa shape index (κ3) is 3.62. The van der Waals surface area contributed by atoms with E-state index in [1.165, 1.54) is 36.2 Å². The van der Waals surface area contributed by atoms with Gasteiger partial charge in [0.15, 0.2) is 0 Å². The average molecular weight is 354 g/mol. The molecule has 2 amide bonds. The molecule has 2 aromatic rings. The second-order valence-electron chi connectivity index (χ2n) is 6.98. The van der Waals surface area contributed by atoms with Gasteiger partial charge >= 0.3 is 0 Å². The molecule has 0 fully saturated rings. The number of fused-ring (bicyclic) bond motifs is 1. The summed E-state index contributed by atoms with van der Waals surface area (Å²) in [7, 11) is 0. The van der Waals surface area contributed by atoms with Crippen LogP contribution in [0.2, 0.25) is 0 Å². The molecule has 4 nitrogen and oxygen atoms in total. The first kappa shape index (κ1) is 18.1. The van der Waals surface area contributed by atoms with Gasteiger partial charge in [-0.1, -0.05) is 26.0 Å². The van der Waals surface area contributed by atoms with Gasteiger partial charge in [-0.15, -0.1) is 0 Å². The van der Waals surface area contributed by atoms with Crippen molar-refractivity contribution < 1.29 is 14.0 Å². The molecule has 0 aliphatic carbocycles. The molecule has 0 aromatic heterocycles. The van der Waals surface area contributed by atoms with Crippen molar-refractivity contribution in [1.29, 1.82) is 0 Å². The predicted molar refractivity (Wildman–Crippen MR) is 101 cm³/mol. The standard InChI is InChI=1S/C21H23FN2O2/c1-13(2)15-7-9-20-16(11-15)5-4-10-24(20)21(26)17-6-8-18(22)19(12-17)23-14(3)25/h6-9,11-13H,4-5,10H2,1-3H3,(H,23,25). The molecule has 1 aliphatic heterocycles. The Morgan fingerprint density at radius 3 is 2.62 bits per heavy atom. The third-order valence-corrected chi connectivity index (χ3v) is 4.66. The number of carbonyl (C=O) groups excluding carboxylic acids is 2. The summed E-state index contributed by atoms with van der Waals surface area (Å²) < 4.78 is 13.9. The predicted octanol–water partition coefficient (Wildman–Crippen LogP) is 4.50. The number of carbonyl (C=O) groups is 2. The van der Waals surface area contributed by atoms with Crippen molar-refractivity contribution in [1.82, 2.24) is 0 Å². The molecule has 5 heteroatoms. The smallest absolute Gasteiger partial charge is 0.258 e. The maximum Gasteiger partial charge on any atom is 0.258 e. The molecule has 0 radical (unpaired) electrons. The van der Waals surface area contributed by atoms with Gasteiger partial charge in [0.05, 0.1) is 5.69 Å². The Hall–Kier alpha value is -2.69. The highest BCUT2D eigenvalue weighted by atomic mass is 19.1. The van der Waals surface area contributed by atoms with Gasteiger partial charge in [0.25, 0.3) is 5.91 Å². The summed E-state index contributed by atoms with van der Waals surface area (Å²) in [5.41, 5.74) is 3.72. The fourth-order valence-corrected chi connectivity index (χ4v) is 3.29. The van der Waals surface area contributed by atoms with Crippen LogP contribution in [0.1, 0.15) is 54.6 Å². The lowest BCUT2D eigenvalue weighted by molar-refractivity contribution is -0.114. The first-order valence-electron chi connectivity index (χ1n) is 8.88. The molecule has 3 rings (SSSR count). The van der Waals surface area contributed by atoms with Gasteiger partial charge < -0.3 is 10.2 Å². The number of aryl methyl sites for hydroxylation is 1. The number of anilines is 2. The van der Waals surface area contributed by atoms with Crippen LogP contribution in [0, 0.1) is 5.82 Å². The second kappa shape index (κ2) is 7.28. The summed E-state index contributed by atoms with van der Waals surface area (Å²) in [6, 6.07) is 10.3. The van der Waals surface area contributed by atoms with Gasteiger partial charge in [0.2, 0.25) is 5.91 Å². The zero-order chi connectivity index (χ0) is 18.8. The lowest BCUT2D eigenvalue weighted by atomic mass is 9.94. The molecule has 0 saturated carbocycles. The highest BCUT2D eigenvalue weighted by Gasteiger charge is 2.24. The van der Waals surface area contributed by atoms with Crippen molar-refractivity contribution in [2.24, 2.45) is 0 Å². The van der Waals surface area contributed by atoms with Gasteiger partial charge in [-0.2, -0.15) is 0 Å². The first-order valence-corrected chi connectivity index (χ1v) is 8.88. The van der Waals surface area contributed by atoms with Gasteiger partial charge in [0.1, 0.15) is 5.82 Å². The number of nitrogens with zero attached hydrogens (tertiary/aromatic N) is 1. The summed E-state index contributed by atoms with van der Waals surface area (Å²) in [5, 5.41) is 2.43. The van der Waals surface area contributed by atoms with E-state index in [4.69, 9.17) is 0 Å². The van der Waals surface area contributed by atoms with E-state index >= 15 is 0 Å². The first-order chi connectivity index (χ1) is 12.4. The molecule has 1 N–H and O–H groups in total. The minimum Gasteiger partial charge on any atom is -0.324 e. The van der Waals surface area contributed by atoms with E-state index in [1.54, 1.807) is 4.90 Å². The Morgan fingerprint density at radius 1 is 1.15 bits per heavy atom. The molecule has 1 heterocycles. The quantitative estimate of drug-likeness (QED) is 0.882. The van der Waals surface area contributed by atoms with Crippen molar-refractivity contribution in [2.45, 2.75) is 39.5 Å². The van der Waals surface area contributed by atoms with Crippen LogP contribution in [-0.2, 0) is 11.2 Å². The Kier molecular flexibility index (Phi) is 5.07. The Morgan fingerprint density at radius 2 is 1.92 bits per heavy atom. The van der Waals surface area contributed by atoms with Gasteiger partial charge in [0, 0.05) is 24.7 Å². The van der Waals surface area contributed by atoms with Gasteiger partial charge in [-0.05, 0) is 54.2 Å². The van der Waals surface area contributed by atoms with E-state index in [0.29, 0.717) is 18.0 Å². The Bertz CT molecular complexity index is 861. The highest BCUT2D eigenvalue weighted by Crippen LogP contribution is 2.31. The van der Waals surface area contributed by atoms with Crippen molar-refractivity contribution in [3.8, 4) is 0 Å². The second-order valence-corrected chi connectivity index (χ2v) is 6.98. The van der Waals surface area contributed by atoms with Crippen LogP contribution in [0.5, 0.6) is 0 Å². The van der Waals surface area contributed by atoms with E-state index in [9.17, 15) is 14.0 Å². The van der Waals surface area contributed by atoms with Crippen LogP contribution in [0.3, 0.4) is 0 Å². The number of rotatable bonds is 3. The average Bonchev–Trinajstić information content (AvgIpc) is 2.61. The summed E-state index contributed by atoms with van der Waals surface area (Å²) in [6.07, 6.45) is 1.83. The minimum absolute atomic E-state index is 0.0238. The zero-order valence-electron chi connectivity index (χ0n) is 15.3. The summed E-state index contributed by atoms with van der Waals surface area (Å²) in [5.74, 6) is -0.686. The maximum atomic E-state index is 13.9. The van der Waals surface area contributed by atoms with Gasteiger partial charge in [-0.3, -0.25) is 9.59 Å². The highest BCUT2D eigenvalue weighted by molar-refractivity contribution is 6.07. The Balaban J connectivity index is 1.93. The monoisotopic (exact) mass is 354 g/mol. The molecule has 136 valence electrons. The zero-order valence-corrected chi connectivity index (χ0v) is 15.3. The van der Waals surface area contributed by atoms with Crippen molar-refractivity contribution in [3.63, 3.8) is 0 Å². The van der Waals surface area contributed by atoms with E-state index in [0.717, 1.165) is 18.5 Å². The number of amides is 2. The molecule has 0 atom stereocenters. The minimum atomic E-state index is -0.558. The summed E-state index contributed by atoms with van der Waals surface area (Å²) in [4.78, 5) is 26.0. The number of halogens is 1. The topological polar surface area (TPSA) is 49.4 Å². The SMILES string of the molecule is CC(=O)Nc1cc(C(=O)N2CCCc3cc(C(C)C)ccc32)ccc1F. The fraction of sp³-hybridized carbons (Fsp3) is 0.333. The molecule has 0 bridgehead atoms. The van der Waals surface area contributed by atoms with Crippen LogP contribution in [0.25, 0.3) is 0 Å². The molecule has 2 aromatic carbocycles. The normalized spacial score (nSPS) is 13.5. The number of benzene rings is 2. The van der Waals surface area contributed by atoms with Crippen LogP contribution in [0.15, 0.2) is 36.4 Å². The number of nitrogens with one attached hydrogen (secondary N) is 1. The lowest BCUT2D eigenvalue weighted by Gasteiger charge is -2.30. The largest absolute Gasteiger partial charge is 0.324 e. The fourth-order valence-electron chi connectivity index (χ4n) is 3.29. The molecule has 0 saturated heterocycles. The maximum absolute atomic E-state index is 13.9. The van der Waals surface area contributed by atoms with Crippen LogP contribution in [0.4, 0.5) is 15.8 Å². The Labute approximate surface area is 153 Å². The summed E-state index contributed by atoms with van der Waals surface area (Å²) >= 11 is 0. The molecule has 0 spiro atoms. The van der Waals surface area contributed by atoms with E-state index in [-0.39, 0.29) is 17.5 Å². The third-order valence-electron chi connectivity index (χ3n) is 4.66. The molecule has 0 unspecified atom stereocenters. The van der Waals surface area contributed by atoms with Crippen LogP contribution in [-0.4, -0.2) is 18.4 Å². The van der Waals surface area contributed by atoms with E-state index in [2.05, 4.69) is 31.3 Å².